The van der Waals surface area contributed by atoms with Gasteiger partial charge < -0.3 is 39.6 Å². The van der Waals surface area contributed by atoms with Crippen molar-refractivity contribution in [2.24, 2.45) is 5.92 Å². The van der Waals surface area contributed by atoms with Gasteiger partial charge in [0.1, 0.15) is 6.54 Å². The predicted octanol–water partition coefficient (Wildman–Crippen LogP) is -3.17. The highest BCUT2D eigenvalue weighted by atomic mass is 127. The number of halogens is 1. The number of hydrogen-bond acceptors (Lipinski definition) is 2. The lowest BCUT2D eigenvalue weighted by Gasteiger charge is -2.27. The molecule has 0 aromatic heterocycles. The Bertz CT molecular complexity index is 234. The van der Waals surface area contributed by atoms with E-state index in [1.54, 1.807) is 6.20 Å². The molecule has 1 unspecified atom stereocenters. The molecule has 0 saturated carbocycles. The summed E-state index contributed by atoms with van der Waals surface area (Å²) in [4.78, 5) is 0. The summed E-state index contributed by atoms with van der Waals surface area (Å²) >= 11 is 0. The fraction of sp³-hybridized carbons (Fsp3) is 0.600. The van der Waals surface area contributed by atoms with E-state index < -0.39 is 0 Å². The molecule has 1 saturated heterocycles. The van der Waals surface area contributed by atoms with E-state index in [-0.39, 0.29) is 29.0 Å². The van der Waals surface area contributed by atoms with Gasteiger partial charge in [0.05, 0.1) is 6.20 Å². The first-order valence-electron chi connectivity index (χ1n) is 4.98. The summed E-state index contributed by atoms with van der Waals surface area (Å²) < 4.78 is 0. The summed E-state index contributed by atoms with van der Waals surface area (Å²) in [5, 5.41) is 14.5. The van der Waals surface area contributed by atoms with Crippen LogP contribution in [0.1, 0.15) is 12.8 Å². The molecule has 2 N–H and O–H groups in total. The van der Waals surface area contributed by atoms with Gasteiger partial charge in [-0.25, -0.2) is 0 Å². The predicted molar refractivity (Wildman–Crippen MR) is 52.0 cm³/mol. The topological polar surface area (TPSA) is 39.5 Å². The van der Waals surface area contributed by atoms with Gasteiger partial charge in [0.25, 0.3) is 0 Å². The third-order valence-electron chi connectivity index (χ3n) is 2.81. The van der Waals surface area contributed by atoms with Crippen molar-refractivity contribution >= 4 is 0 Å². The van der Waals surface area contributed by atoms with E-state index in [0.717, 1.165) is 13.1 Å². The summed E-state index contributed by atoms with van der Waals surface area (Å²) in [6.07, 6.45) is 8.24. The van der Waals surface area contributed by atoms with Crippen LogP contribution in [0.2, 0.25) is 0 Å². The first kappa shape index (κ1) is 12.2. The third-order valence-corrected chi connectivity index (χ3v) is 2.81. The lowest BCUT2D eigenvalue weighted by Crippen LogP contribution is -3.02. The molecule has 2 aliphatic rings. The summed E-state index contributed by atoms with van der Waals surface area (Å²) in [7, 11) is 0. The second-order valence-electron chi connectivity index (χ2n) is 3.73. The molecular weight excluding hydrogens is 291 g/mol. The largest absolute Gasteiger partial charge is 1.00 e. The van der Waals surface area contributed by atoms with E-state index in [1.807, 2.05) is 6.08 Å². The van der Waals surface area contributed by atoms with Gasteiger partial charge in [-0.05, 0) is 49.6 Å². The minimum atomic E-state index is 0. The molecule has 0 aromatic carbocycles. The molecule has 2 rings (SSSR count). The molecule has 4 heteroatoms. The van der Waals surface area contributed by atoms with Gasteiger partial charge in [0, 0.05) is 0 Å². The fourth-order valence-corrected chi connectivity index (χ4v) is 2.00. The zero-order valence-electron chi connectivity index (χ0n) is 8.13. The van der Waals surface area contributed by atoms with Crippen LogP contribution in [0.25, 0.3) is 0 Å². The molecule has 0 bridgehead atoms. The highest BCUT2D eigenvalue weighted by Crippen LogP contribution is 2.22. The molecule has 80 valence electrons. The summed E-state index contributed by atoms with van der Waals surface area (Å²) in [6, 6.07) is 0. The van der Waals surface area contributed by atoms with E-state index in [2.05, 4.69) is 11.4 Å². The van der Waals surface area contributed by atoms with Crippen molar-refractivity contribution in [1.29, 1.82) is 0 Å². The highest BCUT2D eigenvalue weighted by molar-refractivity contribution is 5.22. The van der Waals surface area contributed by atoms with Crippen LogP contribution >= 0.6 is 0 Å². The molecule has 1 fully saturated rings. The molecule has 2 aliphatic heterocycles. The van der Waals surface area contributed by atoms with E-state index in [9.17, 15) is 5.21 Å². The van der Waals surface area contributed by atoms with Crippen molar-refractivity contribution in [2.75, 3.05) is 19.6 Å². The maximum atomic E-state index is 10.9. The minimum Gasteiger partial charge on any atom is -1.00 e. The van der Waals surface area contributed by atoms with E-state index in [4.69, 9.17) is 0 Å². The van der Waals surface area contributed by atoms with Crippen LogP contribution in [0.3, 0.4) is 0 Å². The van der Waals surface area contributed by atoms with E-state index in [0.29, 0.717) is 12.5 Å². The average molecular weight is 307 g/mol. The normalized spacial score (nSPS) is 28.1. The Morgan fingerprint density at radius 3 is 2.64 bits per heavy atom. The summed E-state index contributed by atoms with van der Waals surface area (Å²) in [5.74, 6) is 0.686. The number of allylic oxidation sites excluding steroid dienone is 2. The van der Waals surface area contributed by atoms with Gasteiger partial charge in [0.2, 0.25) is 0 Å². The summed E-state index contributed by atoms with van der Waals surface area (Å²) in [6.45, 7) is 2.84. The Balaban J connectivity index is 0.000000980. The fourth-order valence-electron chi connectivity index (χ4n) is 2.00. The molecule has 2 heterocycles. The molecule has 0 radical (unpaired) electrons. The number of hydroxylamine groups is 2. The second kappa shape index (κ2) is 5.85. The third kappa shape index (κ3) is 3.05. The minimum absolute atomic E-state index is 0. The first-order chi connectivity index (χ1) is 6.36. The Kier molecular flexibility index (Phi) is 5.08. The van der Waals surface area contributed by atoms with Crippen molar-refractivity contribution < 1.29 is 29.0 Å². The van der Waals surface area contributed by atoms with Gasteiger partial charge in [-0.1, -0.05) is 0 Å². The van der Waals surface area contributed by atoms with Gasteiger partial charge in [-0.2, -0.15) is 0 Å². The second-order valence-corrected chi connectivity index (χ2v) is 3.73. The lowest BCUT2D eigenvalue weighted by atomic mass is 9.89. The number of hydrogen-bond donors (Lipinski definition) is 2. The Morgan fingerprint density at radius 1 is 1.36 bits per heavy atom. The molecular formula is C10H16IN2O-. The van der Waals surface area contributed by atoms with Gasteiger partial charge in [-0.3, -0.25) is 0 Å². The van der Waals surface area contributed by atoms with Crippen LogP contribution in [0.5, 0.6) is 0 Å². The maximum Gasteiger partial charge on any atom is 0.100 e. The molecule has 0 aliphatic carbocycles. The van der Waals surface area contributed by atoms with Crippen molar-refractivity contribution in [2.45, 2.75) is 12.8 Å². The number of quaternary nitrogens is 1. The van der Waals surface area contributed by atoms with Crippen LogP contribution in [-0.2, 0) is 0 Å². The lowest BCUT2D eigenvalue weighted by molar-refractivity contribution is -0.784. The monoisotopic (exact) mass is 307 g/mol. The first-order valence-corrected chi connectivity index (χ1v) is 4.98. The van der Waals surface area contributed by atoms with Gasteiger partial charge >= 0.3 is 0 Å². The SMILES string of the molecule is [I-].[O-][NH+]1C=CC(C2CCNCC2)=CC1. The van der Waals surface area contributed by atoms with Crippen molar-refractivity contribution in [3.8, 4) is 0 Å². The van der Waals surface area contributed by atoms with Crippen LogP contribution in [0.4, 0.5) is 0 Å². The summed E-state index contributed by atoms with van der Waals surface area (Å²) in [5.41, 5.74) is 1.38. The average Bonchev–Trinajstić information content (AvgIpc) is 2.20. The number of piperidine rings is 1. The van der Waals surface area contributed by atoms with E-state index in [1.165, 1.54) is 18.4 Å². The van der Waals surface area contributed by atoms with Crippen molar-refractivity contribution in [3.05, 3.63) is 29.1 Å². The quantitative estimate of drug-likeness (QED) is 0.396. The molecule has 3 nitrogen and oxygen atoms in total. The standard InChI is InChI=1S/C10H16N2O.HI/c13-12-7-3-10(4-8-12)9-1-5-11-6-2-9;/h3-4,7,9,11-12H,1-2,5-6,8H2;1H/p-1. The van der Waals surface area contributed by atoms with Crippen LogP contribution in [0, 0.1) is 11.1 Å². The van der Waals surface area contributed by atoms with E-state index >= 15 is 0 Å². The number of rotatable bonds is 1. The number of nitrogens with one attached hydrogen (secondary N) is 2. The Hall–Kier alpha value is 0.0900. The molecule has 1 atom stereocenters. The smallest absolute Gasteiger partial charge is 0.100 e. The molecule has 14 heavy (non-hydrogen) atoms. The molecule has 0 spiro atoms. The zero-order valence-corrected chi connectivity index (χ0v) is 10.3. The zero-order chi connectivity index (χ0) is 9.10. The molecule has 0 aromatic rings. The van der Waals surface area contributed by atoms with Crippen LogP contribution < -0.4 is 34.4 Å². The van der Waals surface area contributed by atoms with Crippen LogP contribution in [0.15, 0.2) is 23.9 Å². The Morgan fingerprint density at radius 2 is 2.07 bits per heavy atom. The maximum absolute atomic E-state index is 10.9. The van der Waals surface area contributed by atoms with Gasteiger partial charge in [-0.15, -0.1) is 0 Å². The van der Waals surface area contributed by atoms with Crippen LogP contribution in [-0.4, -0.2) is 19.6 Å². The van der Waals surface area contributed by atoms with Crippen molar-refractivity contribution in [3.63, 3.8) is 0 Å². The van der Waals surface area contributed by atoms with Gasteiger partial charge in [0.15, 0.2) is 0 Å². The van der Waals surface area contributed by atoms with Crippen molar-refractivity contribution in [1.82, 2.24) is 5.32 Å². The molecule has 0 amide bonds. The Labute approximate surface area is 102 Å². The highest BCUT2D eigenvalue weighted by Gasteiger charge is 2.17.